The maximum atomic E-state index is 14.5. The van der Waals surface area contributed by atoms with E-state index < -0.39 is 11.7 Å². The molecule has 7 heteroatoms. The van der Waals surface area contributed by atoms with Crippen molar-refractivity contribution in [2.45, 2.75) is 38.8 Å². The van der Waals surface area contributed by atoms with E-state index in [9.17, 15) is 9.18 Å². The zero-order chi connectivity index (χ0) is 18.8. The van der Waals surface area contributed by atoms with E-state index in [0.717, 1.165) is 30.2 Å². The van der Waals surface area contributed by atoms with Crippen LogP contribution in [0.5, 0.6) is 0 Å². The van der Waals surface area contributed by atoms with Crippen molar-refractivity contribution in [3.05, 3.63) is 47.3 Å². The molecule has 2 aromatic rings. The first kappa shape index (κ1) is 18.1. The van der Waals surface area contributed by atoms with Gasteiger partial charge in [0.05, 0.1) is 5.56 Å². The standard InChI is InChI=1S/C19H24FN5O/c1-10-4-3-5-13(8-10)23-18-14(17(22)26)9-15(20)19(25-18)24-16(11(2)21)12-6-7-12/h3-5,8-9,11-12,16H,6-7,21H2,1-2H3,(H2,22,26)(H2,23,24,25)/t11-,16-/m0/s1. The van der Waals surface area contributed by atoms with Gasteiger partial charge in [-0.1, -0.05) is 12.1 Å². The Kier molecular flexibility index (Phi) is 5.08. The Balaban J connectivity index is 1.94. The second-order valence-electron chi connectivity index (χ2n) is 6.94. The molecule has 0 unspecified atom stereocenters. The fourth-order valence-corrected chi connectivity index (χ4v) is 3.02. The van der Waals surface area contributed by atoms with Crippen molar-refractivity contribution in [3.8, 4) is 0 Å². The van der Waals surface area contributed by atoms with E-state index in [4.69, 9.17) is 11.5 Å². The van der Waals surface area contributed by atoms with Crippen molar-refractivity contribution < 1.29 is 9.18 Å². The number of nitrogens with two attached hydrogens (primary N) is 2. The third-order valence-electron chi connectivity index (χ3n) is 4.52. The van der Waals surface area contributed by atoms with Crippen LogP contribution in [-0.4, -0.2) is 23.0 Å². The van der Waals surface area contributed by atoms with Crippen molar-refractivity contribution in [3.63, 3.8) is 0 Å². The number of anilines is 3. The fraction of sp³-hybridized carbons (Fsp3) is 0.368. The van der Waals surface area contributed by atoms with E-state index in [1.807, 2.05) is 38.1 Å². The van der Waals surface area contributed by atoms with Gasteiger partial charge in [-0.25, -0.2) is 9.37 Å². The molecule has 0 radical (unpaired) electrons. The van der Waals surface area contributed by atoms with Gasteiger partial charge in [-0.3, -0.25) is 4.79 Å². The molecule has 1 aromatic carbocycles. The maximum Gasteiger partial charge on any atom is 0.252 e. The summed E-state index contributed by atoms with van der Waals surface area (Å²) >= 11 is 0. The molecule has 6 N–H and O–H groups in total. The first-order chi connectivity index (χ1) is 12.3. The van der Waals surface area contributed by atoms with Crippen LogP contribution in [0.1, 0.15) is 35.7 Å². The number of halogens is 1. The number of pyridine rings is 1. The number of carbonyl (C=O) groups excluding carboxylic acids is 1. The number of primary amides is 1. The van der Waals surface area contributed by atoms with Gasteiger partial charge in [0.2, 0.25) is 0 Å². The summed E-state index contributed by atoms with van der Waals surface area (Å²) in [5, 5.41) is 6.17. The third kappa shape index (κ3) is 4.11. The van der Waals surface area contributed by atoms with Crippen LogP contribution >= 0.6 is 0 Å². The molecule has 3 rings (SSSR count). The van der Waals surface area contributed by atoms with Crippen LogP contribution in [0.4, 0.5) is 21.7 Å². The van der Waals surface area contributed by atoms with Crippen molar-refractivity contribution >= 4 is 23.2 Å². The molecule has 1 aliphatic carbocycles. The minimum Gasteiger partial charge on any atom is -0.365 e. The molecule has 0 spiro atoms. The lowest BCUT2D eigenvalue weighted by Crippen LogP contribution is -2.40. The monoisotopic (exact) mass is 357 g/mol. The van der Waals surface area contributed by atoms with Gasteiger partial charge in [0.15, 0.2) is 11.6 Å². The summed E-state index contributed by atoms with van der Waals surface area (Å²) in [7, 11) is 0. The number of amides is 1. The number of hydrogen-bond donors (Lipinski definition) is 4. The lowest BCUT2D eigenvalue weighted by Gasteiger charge is -2.23. The van der Waals surface area contributed by atoms with Crippen molar-refractivity contribution in [1.29, 1.82) is 0 Å². The van der Waals surface area contributed by atoms with Crippen LogP contribution in [0.3, 0.4) is 0 Å². The van der Waals surface area contributed by atoms with Crippen molar-refractivity contribution in [2.75, 3.05) is 10.6 Å². The Morgan fingerprint density at radius 2 is 2.04 bits per heavy atom. The summed E-state index contributed by atoms with van der Waals surface area (Å²) in [5.41, 5.74) is 13.2. The second kappa shape index (κ2) is 7.29. The summed E-state index contributed by atoms with van der Waals surface area (Å²) in [5.74, 6) is -0.672. The predicted molar refractivity (Wildman–Crippen MR) is 101 cm³/mol. The Bertz CT molecular complexity index is 818. The third-order valence-corrected chi connectivity index (χ3v) is 4.52. The van der Waals surface area contributed by atoms with E-state index in [0.29, 0.717) is 5.92 Å². The largest absolute Gasteiger partial charge is 0.365 e. The highest BCUT2D eigenvalue weighted by molar-refractivity contribution is 5.98. The number of carbonyl (C=O) groups is 1. The van der Waals surface area contributed by atoms with E-state index >= 15 is 0 Å². The maximum absolute atomic E-state index is 14.5. The van der Waals surface area contributed by atoms with E-state index in [1.54, 1.807) is 0 Å². The zero-order valence-corrected chi connectivity index (χ0v) is 14.9. The topological polar surface area (TPSA) is 106 Å². The quantitative estimate of drug-likeness (QED) is 0.610. The van der Waals surface area contributed by atoms with Gasteiger partial charge in [-0.05, 0) is 56.4 Å². The molecular formula is C19H24FN5O. The minimum atomic E-state index is -0.746. The zero-order valence-electron chi connectivity index (χ0n) is 14.9. The fourth-order valence-electron chi connectivity index (χ4n) is 3.02. The molecule has 1 fully saturated rings. The molecule has 6 nitrogen and oxygen atoms in total. The first-order valence-electron chi connectivity index (χ1n) is 8.71. The smallest absolute Gasteiger partial charge is 0.252 e. The molecule has 0 saturated heterocycles. The molecule has 0 aliphatic heterocycles. The molecule has 1 aliphatic rings. The SMILES string of the molecule is Cc1cccc(Nc2nc(N[C@H](C3CC3)[C@H](C)N)c(F)cc2C(N)=O)c1. The summed E-state index contributed by atoms with van der Waals surface area (Å²) in [6, 6.07) is 8.47. The van der Waals surface area contributed by atoms with Crippen LogP contribution in [0, 0.1) is 18.7 Å². The van der Waals surface area contributed by atoms with Crippen LogP contribution in [0.15, 0.2) is 30.3 Å². The lowest BCUT2D eigenvalue weighted by molar-refractivity contribution is 0.100. The summed E-state index contributed by atoms with van der Waals surface area (Å²) in [6.07, 6.45) is 2.13. The number of benzene rings is 1. The molecular weight excluding hydrogens is 333 g/mol. The number of hydrogen-bond acceptors (Lipinski definition) is 5. The normalized spacial score (nSPS) is 16.0. The Morgan fingerprint density at radius 1 is 1.31 bits per heavy atom. The molecule has 1 saturated carbocycles. The molecule has 1 aromatic heterocycles. The highest BCUT2D eigenvalue weighted by Crippen LogP contribution is 2.36. The van der Waals surface area contributed by atoms with Gasteiger partial charge in [0.25, 0.3) is 5.91 Å². The number of nitrogens with one attached hydrogen (secondary N) is 2. The van der Waals surface area contributed by atoms with Crippen LogP contribution in [-0.2, 0) is 0 Å². The van der Waals surface area contributed by atoms with Crippen LogP contribution in [0.25, 0.3) is 0 Å². The molecule has 1 amide bonds. The van der Waals surface area contributed by atoms with E-state index in [1.165, 1.54) is 0 Å². The molecule has 1 heterocycles. The summed E-state index contributed by atoms with van der Waals surface area (Å²) in [6.45, 7) is 3.84. The average molecular weight is 357 g/mol. The molecule has 0 bridgehead atoms. The van der Waals surface area contributed by atoms with Gasteiger partial charge in [-0.15, -0.1) is 0 Å². The number of nitrogens with zero attached hydrogens (tertiary/aromatic N) is 1. The minimum absolute atomic E-state index is 0.00155. The number of aryl methyl sites for hydroxylation is 1. The Morgan fingerprint density at radius 3 is 2.62 bits per heavy atom. The van der Waals surface area contributed by atoms with E-state index in [2.05, 4.69) is 15.6 Å². The summed E-state index contributed by atoms with van der Waals surface area (Å²) in [4.78, 5) is 16.0. The summed E-state index contributed by atoms with van der Waals surface area (Å²) < 4.78 is 14.5. The Labute approximate surface area is 152 Å². The molecule has 2 atom stereocenters. The van der Waals surface area contributed by atoms with Gasteiger partial charge in [0, 0.05) is 17.8 Å². The van der Waals surface area contributed by atoms with E-state index in [-0.39, 0.29) is 29.3 Å². The van der Waals surface area contributed by atoms with Crippen LogP contribution < -0.4 is 22.1 Å². The molecule has 26 heavy (non-hydrogen) atoms. The lowest BCUT2D eigenvalue weighted by atomic mass is 10.1. The molecule has 138 valence electrons. The van der Waals surface area contributed by atoms with Gasteiger partial charge >= 0.3 is 0 Å². The second-order valence-corrected chi connectivity index (χ2v) is 6.94. The average Bonchev–Trinajstić information content (AvgIpc) is 3.39. The van der Waals surface area contributed by atoms with Crippen molar-refractivity contribution in [1.82, 2.24) is 4.98 Å². The van der Waals surface area contributed by atoms with Crippen molar-refractivity contribution in [2.24, 2.45) is 17.4 Å². The number of rotatable bonds is 7. The van der Waals surface area contributed by atoms with Gasteiger partial charge < -0.3 is 22.1 Å². The van der Waals surface area contributed by atoms with Crippen LogP contribution in [0.2, 0.25) is 0 Å². The predicted octanol–water partition coefficient (Wildman–Crippen LogP) is 2.91. The first-order valence-corrected chi connectivity index (χ1v) is 8.71. The number of aromatic nitrogens is 1. The van der Waals surface area contributed by atoms with Gasteiger partial charge in [0.1, 0.15) is 5.82 Å². The van der Waals surface area contributed by atoms with Gasteiger partial charge in [-0.2, -0.15) is 0 Å². The highest BCUT2D eigenvalue weighted by atomic mass is 19.1. The Hall–Kier alpha value is -2.67. The highest BCUT2D eigenvalue weighted by Gasteiger charge is 2.34.